The fourth-order valence-electron chi connectivity index (χ4n) is 2.17. The molecule has 26 heavy (non-hydrogen) atoms. The summed E-state index contributed by atoms with van der Waals surface area (Å²) in [5.41, 5.74) is 2.44. The number of carbonyl (C=O) groups is 1. The van der Waals surface area contributed by atoms with Crippen LogP contribution < -0.4 is 10.1 Å². The number of amides is 1. The summed E-state index contributed by atoms with van der Waals surface area (Å²) in [6, 6.07) is 11.6. The minimum atomic E-state index is -0.269. The van der Waals surface area contributed by atoms with Crippen molar-refractivity contribution >= 4 is 34.1 Å². The van der Waals surface area contributed by atoms with E-state index in [1.165, 1.54) is 35.2 Å². The van der Waals surface area contributed by atoms with Crippen molar-refractivity contribution in [1.29, 1.82) is 0 Å². The molecule has 0 aliphatic heterocycles. The van der Waals surface area contributed by atoms with E-state index >= 15 is 0 Å². The van der Waals surface area contributed by atoms with Gasteiger partial charge >= 0.3 is 0 Å². The van der Waals surface area contributed by atoms with E-state index in [2.05, 4.69) is 15.5 Å². The van der Waals surface area contributed by atoms with Gasteiger partial charge in [0.15, 0.2) is 4.34 Å². The van der Waals surface area contributed by atoms with Crippen LogP contribution in [0.4, 0.5) is 9.52 Å². The lowest BCUT2D eigenvalue weighted by molar-refractivity contribution is 0.102. The highest BCUT2D eigenvalue weighted by Crippen LogP contribution is 2.29. The largest absolute Gasteiger partial charge is 0.496 e. The van der Waals surface area contributed by atoms with E-state index in [0.717, 1.165) is 15.5 Å². The minimum absolute atomic E-state index is 0.257. The Labute approximate surface area is 158 Å². The summed E-state index contributed by atoms with van der Waals surface area (Å²) < 4.78 is 18.9. The van der Waals surface area contributed by atoms with Gasteiger partial charge in [0.2, 0.25) is 5.13 Å². The number of aryl methyl sites for hydroxylation is 1. The second-order valence-corrected chi connectivity index (χ2v) is 7.63. The van der Waals surface area contributed by atoms with Crippen LogP contribution in [0.15, 0.2) is 46.8 Å². The fourth-order valence-corrected chi connectivity index (χ4v) is 3.88. The molecule has 0 saturated heterocycles. The molecule has 0 spiro atoms. The third-order valence-corrected chi connectivity index (χ3v) is 5.62. The number of halogens is 1. The van der Waals surface area contributed by atoms with Crippen LogP contribution in [0.1, 0.15) is 21.5 Å². The first kappa shape index (κ1) is 18.3. The van der Waals surface area contributed by atoms with Crippen LogP contribution in [0, 0.1) is 12.7 Å². The Hall–Kier alpha value is -2.45. The fraction of sp³-hybridized carbons (Fsp3) is 0.167. The quantitative estimate of drug-likeness (QED) is 0.495. The third kappa shape index (κ3) is 4.59. The first-order valence-corrected chi connectivity index (χ1v) is 9.52. The van der Waals surface area contributed by atoms with Gasteiger partial charge in [0.05, 0.1) is 7.11 Å². The number of nitrogens with one attached hydrogen (secondary N) is 1. The highest BCUT2D eigenvalue weighted by atomic mass is 32.2. The SMILES string of the molecule is COc1cc(C(=O)Nc2nnc(SCc3ccc(F)cc3)s2)ccc1C. The van der Waals surface area contributed by atoms with E-state index in [0.29, 0.717) is 22.2 Å². The van der Waals surface area contributed by atoms with Gasteiger partial charge in [0.25, 0.3) is 5.91 Å². The zero-order valence-electron chi connectivity index (χ0n) is 14.2. The van der Waals surface area contributed by atoms with Gasteiger partial charge in [-0.05, 0) is 42.3 Å². The maximum atomic E-state index is 12.9. The number of hydrogen-bond donors (Lipinski definition) is 1. The number of thioether (sulfide) groups is 1. The monoisotopic (exact) mass is 389 g/mol. The molecule has 3 rings (SSSR count). The smallest absolute Gasteiger partial charge is 0.257 e. The lowest BCUT2D eigenvalue weighted by Crippen LogP contribution is -2.12. The molecule has 1 aromatic heterocycles. The van der Waals surface area contributed by atoms with E-state index in [1.54, 1.807) is 31.4 Å². The van der Waals surface area contributed by atoms with Crippen molar-refractivity contribution in [2.24, 2.45) is 0 Å². The van der Waals surface area contributed by atoms with Crippen LogP contribution in [0.5, 0.6) is 5.75 Å². The summed E-state index contributed by atoms with van der Waals surface area (Å²) in [5, 5.41) is 11.2. The Morgan fingerprint density at radius 2 is 2.00 bits per heavy atom. The summed E-state index contributed by atoms with van der Waals surface area (Å²) in [4.78, 5) is 12.3. The van der Waals surface area contributed by atoms with Crippen LogP contribution >= 0.6 is 23.1 Å². The summed E-state index contributed by atoms with van der Waals surface area (Å²) in [5.74, 6) is 0.783. The van der Waals surface area contributed by atoms with Gasteiger partial charge in [-0.3, -0.25) is 10.1 Å². The topological polar surface area (TPSA) is 64.1 Å². The molecule has 134 valence electrons. The normalized spacial score (nSPS) is 10.6. The number of hydrogen-bond acceptors (Lipinski definition) is 6. The average molecular weight is 389 g/mol. The van der Waals surface area contributed by atoms with E-state index in [9.17, 15) is 9.18 Å². The van der Waals surface area contributed by atoms with Crippen molar-refractivity contribution < 1.29 is 13.9 Å². The van der Waals surface area contributed by atoms with E-state index in [-0.39, 0.29) is 11.7 Å². The Bertz CT molecular complexity index is 913. The molecule has 1 heterocycles. The Balaban J connectivity index is 1.61. The molecule has 0 aliphatic carbocycles. The number of anilines is 1. The number of aromatic nitrogens is 2. The van der Waals surface area contributed by atoms with Gasteiger partial charge in [-0.1, -0.05) is 41.3 Å². The van der Waals surface area contributed by atoms with Gasteiger partial charge in [0.1, 0.15) is 11.6 Å². The summed E-state index contributed by atoms with van der Waals surface area (Å²) in [7, 11) is 1.57. The highest BCUT2D eigenvalue weighted by molar-refractivity contribution is 8.00. The maximum Gasteiger partial charge on any atom is 0.257 e. The van der Waals surface area contributed by atoms with Gasteiger partial charge in [-0.2, -0.15) is 0 Å². The average Bonchev–Trinajstić information content (AvgIpc) is 3.09. The van der Waals surface area contributed by atoms with E-state index in [1.807, 2.05) is 13.0 Å². The summed E-state index contributed by atoms with van der Waals surface area (Å²) in [6.45, 7) is 1.91. The van der Waals surface area contributed by atoms with Crippen LogP contribution in [-0.2, 0) is 5.75 Å². The molecule has 0 saturated carbocycles. The Kier molecular flexibility index (Phi) is 5.85. The van der Waals surface area contributed by atoms with Crippen molar-refractivity contribution in [3.63, 3.8) is 0 Å². The molecule has 0 radical (unpaired) electrons. The van der Waals surface area contributed by atoms with E-state index < -0.39 is 0 Å². The Morgan fingerprint density at radius 1 is 1.23 bits per heavy atom. The van der Waals surface area contributed by atoms with Crippen LogP contribution in [0.3, 0.4) is 0 Å². The molecule has 0 unspecified atom stereocenters. The Morgan fingerprint density at radius 3 is 2.73 bits per heavy atom. The molecule has 0 fully saturated rings. The van der Waals surface area contributed by atoms with Gasteiger partial charge in [-0.15, -0.1) is 10.2 Å². The van der Waals surface area contributed by atoms with Gasteiger partial charge < -0.3 is 4.74 Å². The number of rotatable bonds is 6. The van der Waals surface area contributed by atoms with Crippen molar-refractivity contribution in [2.75, 3.05) is 12.4 Å². The molecule has 2 aromatic carbocycles. The van der Waals surface area contributed by atoms with Crippen molar-refractivity contribution in [3.8, 4) is 5.75 Å². The molecule has 0 atom stereocenters. The number of nitrogens with zero attached hydrogens (tertiary/aromatic N) is 2. The molecule has 3 aromatic rings. The zero-order chi connectivity index (χ0) is 18.5. The highest BCUT2D eigenvalue weighted by Gasteiger charge is 2.12. The number of carbonyl (C=O) groups excluding carboxylic acids is 1. The van der Waals surface area contributed by atoms with Crippen molar-refractivity contribution in [1.82, 2.24) is 10.2 Å². The lowest BCUT2D eigenvalue weighted by Gasteiger charge is -2.07. The third-order valence-electron chi connectivity index (χ3n) is 3.57. The maximum absolute atomic E-state index is 12.9. The first-order chi connectivity index (χ1) is 12.5. The standard InChI is InChI=1S/C18H16FN3O2S2/c1-11-3-6-13(9-15(11)24-2)16(23)20-17-21-22-18(26-17)25-10-12-4-7-14(19)8-5-12/h3-9H,10H2,1-2H3,(H,20,21,23). The van der Waals surface area contributed by atoms with Gasteiger partial charge in [0, 0.05) is 11.3 Å². The number of benzene rings is 2. The molecular formula is C18H16FN3O2S2. The predicted molar refractivity (Wildman–Crippen MR) is 102 cm³/mol. The van der Waals surface area contributed by atoms with Gasteiger partial charge in [-0.25, -0.2) is 4.39 Å². The molecule has 1 amide bonds. The molecular weight excluding hydrogens is 373 g/mol. The zero-order valence-corrected chi connectivity index (χ0v) is 15.8. The van der Waals surface area contributed by atoms with Crippen LogP contribution in [-0.4, -0.2) is 23.2 Å². The number of methoxy groups -OCH3 is 1. The van der Waals surface area contributed by atoms with E-state index in [4.69, 9.17) is 4.74 Å². The second-order valence-electron chi connectivity index (χ2n) is 5.43. The summed E-state index contributed by atoms with van der Waals surface area (Å²) in [6.07, 6.45) is 0. The predicted octanol–water partition coefficient (Wildman–Crippen LogP) is 4.54. The molecule has 1 N–H and O–H groups in total. The molecule has 0 bridgehead atoms. The van der Waals surface area contributed by atoms with Crippen molar-refractivity contribution in [2.45, 2.75) is 17.0 Å². The minimum Gasteiger partial charge on any atom is -0.496 e. The van der Waals surface area contributed by atoms with Crippen molar-refractivity contribution in [3.05, 3.63) is 65.0 Å². The molecule has 0 aliphatic rings. The van der Waals surface area contributed by atoms with Crippen LogP contribution in [0.25, 0.3) is 0 Å². The lowest BCUT2D eigenvalue weighted by atomic mass is 10.1. The first-order valence-electron chi connectivity index (χ1n) is 7.72. The van der Waals surface area contributed by atoms with Crippen LogP contribution in [0.2, 0.25) is 0 Å². The summed E-state index contributed by atoms with van der Waals surface area (Å²) >= 11 is 2.78. The molecule has 8 heteroatoms. The second kappa shape index (κ2) is 8.29. The number of ether oxygens (including phenoxy) is 1. The molecule has 5 nitrogen and oxygen atoms in total.